The number of fused-ring (bicyclic) bond motifs is 12. The van der Waals surface area contributed by atoms with E-state index in [9.17, 15) is 0 Å². The van der Waals surface area contributed by atoms with Crippen molar-refractivity contribution in [2.24, 2.45) is 0 Å². The van der Waals surface area contributed by atoms with Crippen molar-refractivity contribution in [2.75, 3.05) is 0 Å². The van der Waals surface area contributed by atoms with Gasteiger partial charge in [-0.3, -0.25) is 14.4 Å². The summed E-state index contributed by atoms with van der Waals surface area (Å²) in [4.78, 5) is 17.6. The fourth-order valence-electron chi connectivity index (χ4n) is 4.48. The molecule has 0 saturated carbocycles. The molecule has 0 fully saturated rings. The third kappa shape index (κ3) is 1.60. The van der Waals surface area contributed by atoms with Crippen LogP contribution in [-0.2, 0) is 0 Å². The highest BCUT2D eigenvalue weighted by molar-refractivity contribution is 6.26. The summed E-state index contributed by atoms with van der Waals surface area (Å²) in [6.07, 6.45) is 5.48. The maximum absolute atomic E-state index is 4.91. The monoisotopic (exact) mass is 359 g/mol. The average Bonchev–Trinajstić information content (AvgIpc) is 3.32. The number of pyridine rings is 3. The van der Waals surface area contributed by atoms with Gasteiger partial charge in [0.1, 0.15) is 11.2 Å². The van der Waals surface area contributed by atoms with Crippen molar-refractivity contribution in [3.8, 4) is 0 Å². The Hall–Kier alpha value is -3.99. The number of nitrogens with one attached hydrogen (secondary N) is 1. The molecule has 0 amide bonds. The molecule has 0 bridgehead atoms. The first-order valence-corrected chi connectivity index (χ1v) is 9.22. The van der Waals surface area contributed by atoms with Crippen molar-refractivity contribution >= 4 is 60.3 Å². The first-order valence-electron chi connectivity index (χ1n) is 9.22. The number of benzene rings is 2. The van der Waals surface area contributed by atoms with Gasteiger partial charge in [-0.2, -0.15) is 0 Å². The van der Waals surface area contributed by atoms with Crippen LogP contribution in [0.25, 0.3) is 60.3 Å². The molecule has 1 N–H and O–H groups in total. The van der Waals surface area contributed by atoms with Crippen molar-refractivity contribution in [1.29, 1.82) is 0 Å². The molecular formula is C23H13N5. The Labute approximate surface area is 158 Å². The minimum absolute atomic E-state index is 0.886. The van der Waals surface area contributed by atoms with E-state index in [0.717, 1.165) is 49.5 Å². The molecule has 7 aromatic rings. The molecule has 0 radical (unpaired) electrons. The molecule has 2 aromatic carbocycles. The number of hydrogen-bond acceptors (Lipinski definition) is 3. The molecule has 0 aliphatic heterocycles. The van der Waals surface area contributed by atoms with E-state index in [2.05, 4.69) is 56.8 Å². The van der Waals surface area contributed by atoms with E-state index in [1.54, 1.807) is 0 Å². The van der Waals surface area contributed by atoms with Gasteiger partial charge in [0.25, 0.3) is 0 Å². The first kappa shape index (κ1) is 14.1. The summed E-state index contributed by atoms with van der Waals surface area (Å²) in [6, 6.07) is 18.9. The first-order chi connectivity index (χ1) is 13.9. The number of imidazole rings is 1. The van der Waals surface area contributed by atoms with Gasteiger partial charge < -0.3 is 4.98 Å². The molecule has 0 saturated heterocycles. The molecule has 0 aliphatic carbocycles. The number of para-hydroxylation sites is 1. The molecule has 7 rings (SSSR count). The number of aromatic nitrogens is 5. The molecule has 0 unspecified atom stereocenters. The Balaban J connectivity index is 1.87. The molecule has 0 aliphatic rings. The van der Waals surface area contributed by atoms with Gasteiger partial charge >= 0.3 is 0 Å². The number of H-pyrrole nitrogens is 1. The lowest BCUT2D eigenvalue weighted by Gasteiger charge is -2.09. The zero-order valence-corrected chi connectivity index (χ0v) is 14.7. The van der Waals surface area contributed by atoms with Crippen molar-refractivity contribution in [2.45, 2.75) is 0 Å². The van der Waals surface area contributed by atoms with Crippen LogP contribution in [0.4, 0.5) is 0 Å². The minimum atomic E-state index is 0.886. The van der Waals surface area contributed by atoms with E-state index >= 15 is 0 Å². The Bertz CT molecular complexity index is 1720. The zero-order chi connectivity index (χ0) is 18.2. The van der Waals surface area contributed by atoms with Gasteiger partial charge in [0, 0.05) is 39.5 Å². The summed E-state index contributed by atoms with van der Waals surface area (Å²) in [5.41, 5.74) is 7.11. The maximum Gasteiger partial charge on any atom is 0.146 e. The molecular weight excluding hydrogens is 346 g/mol. The van der Waals surface area contributed by atoms with E-state index in [4.69, 9.17) is 9.97 Å². The smallest absolute Gasteiger partial charge is 0.146 e. The van der Waals surface area contributed by atoms with E-state index in [1.807, 2.05) is 30.7 Å². The number of aromatic amines is 1. The van der Waals surface area contributed by atoms with E-state index in [-0.39, 0.29) is 0 Å². The van der Waals surface area contributed by atoms with Gasteiger partial charge in [-0.25, -0.2) is 4.98 Å². The number of nitrogens with zero attached hydrogens (tertiary/aromatic N) is 4. The molecule has 130 valence electrons. The molecule has 0 atom stereocenters. The van der Waals surface area contributed by atoms with Gasteiger partial charge in [-0.05, 0) is 30.3 Å². The lowest BCUT2D eigenvalue weighted by atomic mass is 10.0. The molecule has 5 heterocycles. The molecule has 0 spiro atoms. The standard InChI is InChI=1S/C23H13N5/c1-2-5-16-13(4-1)14-7-8-15-20(21(14)26-16)22-19(6-3-10-25-22)28-18-9-11-24-12-17(18)27-23(15)28/h1-12,26H. The maximum atomic E-state index is 4.91. The lowest BCUT2D eigenvalue weighted by Crippen LogP contribution is -1.93. The van der Waals surface area contributed by atoms with Crippen molar-refractivity contribution in [3.05, 3.63) is 73.2 Å². The van der Waals surface area contributed by atoms with Crippen LogP contribution >= 0.6 is 0 Å². The third-order valence-electron chi connectivity index (χ3n) is 5.64. The SMILES string of the molecule is c1ccc2c(c1)[nH]c1c2ccc2c1c1ncccc1n1c3ccncc3nc21. The van der Waals surface area contributed by atoms with E-state index in [1.165, 1.54) is 10.8 Å². The fraction of sp³-hybridized carbons (Fsp3) is 0. The lowest BCUT2D eigenvalue weighted by molar-refractivity contribution is 1.28. The second kappa shape index (κ2) is 4.84. The largest absolute Gasteiger partial charge is 0.354 e. The summed E-state index contributed by atoms with van der Waals surface area (Å²) in [6.45, 7) is 0. The van der Waals surface area contributed by atoms with Crippen LogP contribution in [0.15, 0.2) is 73.2 Å². The van der Waals surface area contributed by atoms with E-state index < -0.39 is 0 Å². The molecule has 5 aromatic heterocycles. The van der Waals surface area contributed by atoms with Crippen LogP contribution in [0.5, 0.6) is 0 Å². The summed E-state index contributed by atoms with van der Waals surface area (Å²) >= 11 is 0. The normalized spacial score (nSPS) is 12.3. The third-order valence-corrected chi connectivity index (χ3v) is 5.64. The highest BCUT2D eigenvalue weighted by atomic mass is 15.0. The summed E-state index contributed by atoms with van der Waals surface area (Å²) in [5.74, 6) is 0. The molecule has 5 nitrogen and oxygen atoms in total. The average molecular weight is 359 g/mol. The van der Waals surface area contributed by atoms with Gasteiger partial charge in [-0.1, -0.05) is 24.3 Å². The van der Waals surface area contributed by atoms with Crippen molar-refractivity contribution in [3.63, 3.8) is 0 Å². The quantitative estimate of drug-likeness (QED) is 0.378. The zero-order valence-electron chi connectivity index (χ0n) is 14.7. The van der Waals surface area contributed by atoms with Crippen molar-refractivity contribution in [1.82, 2.24) is 24.3 Å². The highest BCUT2D eigenvalue weighted by Gasteiger charge is 2.17. The van der Waals surface area contributed by atoms with Crippen LogP contribution in [0.1, 0.15) is 0 Å². The Kier molecular flexibility index (Phi) is 2.44. The van der Waals surface area contributed by atoms with Crippen LogP contribution < -0.4 is 0 Å². The minimum Gasteiger partial charge on any atom is -0.354 e. The van der Waals surface area contributed by atoms with Crippen LogP contribution in [0, 0.1) is 0 Å². The summed E-state index contributed by atoms with van der Waals surface area (Å²) in [7, 11) is 0. The highest BCUT2D eigenvalue weighted by Crippen LogP contribution is 2.37. The van der Waals surface area contributed by atoms with Crippen LogP contribution in [0.3, 0.4) is 0 Å². The van der Waals surface area contributed by atoms with Gasteiger partial charge in [-0.15, -0.1) is 0 Å². The van der Waals surface area contributed by atoms with Gasteiger partial charge in [0.15, 0.2) is 0 Å². The number of hydrogen-bond donors (Lipinski definition) is 1. The predicted octanol–water partition coefficient (Wildman–Crippen LogP) is 5.22. The summed E-state index contributed by atoms with van der Waals surface area (Å²) < 4.78 is 2.19. The Morgan fingerprint density at radius 3 is 2.71 bits per heavy atom. The Morgan fingerprint density at radius 1 is 0.786 bits per heavy atom. The molecule has 28 heavy (non-hydrogen) atoms. The van der Waals surface area contributed by atoms with Gasteiger partial charge in [0.2, 0.25) is 0 Å². The van der Waals surface area contributed by atoms with Gasteiger partial charge in [0.05, 0.1) is 28.3 Å². The topological polar surface area (TPSA) is 58.9 Å². The summed E-state index contributed by atoms with van der Waals surface area (Å²) in [5, 5.41) is 4.62. The fourth-order valence-corrected chi connectivity index (χ4v) is 4.48. The second-order valence-electron chi connectivity index (χ2n) is 7.09. The van der Waals surface area contributed by atoms with Crippen molar-refractivity contribution < 1.29 is 0 Å². The van der Waals surface area contributed by atoms with E-state index in [0.29, 0.717) is 0 Å². The Morgan fingerprint density at radius 2 is 1.71 bits per heavy atom. The van der Waals surface area contributed by atoms with Crippen LogP contribution in [-0.4, -0.2) is 24.3 Å². The number of rotatable bonds is 0. The molecule has 5 heteroatoms. The second-order valence-corrected chi connectivity index (χ2v) is 7.09. The van der Waals surface area contributed by atoms with Crippen LogP contribution in [0.2, 0.25) is 0 Å². The predicted molar refractivity (Wildman–Crippen MR) is 113 cm³/mol.